The Balaban J connectivity index is 1.94. The van der Waals surface area contributed by atoms with Gasteiger partial charge in [-0.3, -0.25) is 9.69 Å². The molecule has 0 saturated carbocycles. The van der Waals surface area contributed by atoms with Crippen molar-refractivity contribution in [2.24, 2.45) is 0 Å². The van der Waals surface area contributed by atoms with E-state index in [1.807, 2.05) is 13.8 Å². The summed E-state index contributed by atoms with van der Waals surface area (Å²) in [4.78, 5) is 14.9. The molecular weight excluding hydrogens is 272 g/mol. The van der Waals surface area contributed by atoms with Crippen molar-refractivity contribution in [3.05, 3.63) is 35.9 Å². The van der Waals surface area contributed by atoms with Crippen molar-refractivity contribution in [3.63, 3.8) is 0 Å². The molecule has 1 fully saturated rings. The first kappa shape index (κ1) is 17.0. The van der Waals surface area contributed by atoms with E-state index in [0.29, 0.717) is 5.92 Å². The fourth-order valence-electron chi connectivity index (χ4n) is 3.14. The highest BCUT2D eigenvalue weighted by Gasteiger charge is 2.37. The van der Waals surface area contributed by atoms with Crippen molar-refractivity contribution in [2.45, 2.75) is 64.5 Å². The van der Waals surface area contributed by atoms with Gasteiger partial charge in [0.05, 0.1) is 5.54 Å². The van der Waals surface area contributed by atoms with Gasteiger partial charge in [0.25, 0.3) is 0 Å². The van der Waals surface area contributed by atoms with Gasteiger partial charge in [0, 0.05) is 6.04 Å². The zero-order valence-electron chi connectivity index (χ0n) is 14.4. The zero-order valence-corrected chi connectivity index (χ0v) is 14.4. The molecule has 1 aliphatic rings. The molecule has 0 aromatic heterocycles. The monoisotopic (exact) mass is 302 g/mol. The van der Waals surface area contributed by atoms with Gasteiger partial charge in [0.1, 0.15) is 0 Å². The molecule has 1 saturated heterocycles. The van der Waals surface area contributed by atoms with Crippen LogP contribution in [-0.2, 0) is 4.79 Å². The van der Waals surface area contributed by atoms with Gasteiger partial charge in [-0.25, -0.2) is 0 Å². The number of nitrogens with one attached hydrogen (secondary N) is 1. The molecule has 1 atom stereocenters. The third-order valence-electron chi connectivity index (χ3n) is 5.10. The van der Waals surface area contributed by atoms with Crippen LogP contribution in [0.2, 0.25) is 0 Å². The lowest BCUT2D eigenvalue weighted by molar-refractivity contribution is -0.133. The van der Waals surface area contributed by atoms with E-state index >= 15 is 0 Å². The Bertz CT molecular complexity index is 475. The average Bonchev–Trinajstić information content (AvgIpc) is 2.55. The SMILES string of the molecule is CC[C@H](C)NC(=O)C(C)(C)N1CCC(c2ccccc2)CC1. The highest BCUT2D eigenvalue weighted by atomic mass is 16.2. The highest BCUT2D eigenvalue weighted by molar-refractivity contribution is 5.85. The van der Waals surface area contributed by atoms with Crippen molar-refractivity contribution >= 4 is 5.91 Å². The molecule has 2 rings (SSSR count). The lowest BCUT2D eigenvalue weighted by Crippen LogP contribution is -2.58. The number of hydrogen-bond donors (Lipinski definition) is 1. The predicted molar refractivity (Wildman–Crippen MR) is 92.0 cm³/mol. The number of amides is 1. The predicted octanol–water partition coefficient (Wildman–Crippen LogP) is 3.56. The van der Waals surface area contributed by atoms with Crippen LogP contribution in [0.3, 0.4) is 0 Å². The molecule has 1 N–H and O–H groups in total. The number of likely N-dealkylation sites (tertiary alicyclic amines) is 1. The van der Waals surface area contributed by atoms with E-state index in [4.69, 9.17) is 0 Å². The van der Waals surface area contributed by atoms with Crippen LogP contribution >= 0.6 is 0 Å². The number of benzene rings is 1. The fourth-order valence-corrected chi connectivity index (χ4v) is 3.14. The topological polar surface area (TPSA) is 32.3 Å². The molecule has 122 valence electrons. The Morgan fingerprint density at radius 1 is 1.27 bits per heavy atom. The number of hydrogen-bond acceptors (Lipinski definition) is 2. The summed E-state index contributed by atoms with van der Waals surface area (Å²) in [7, 11) is 0. The number of carbonyl (C=O) groups excluding carboxylic acids is 1. The van der Waals surface area contributed by atoms with E-state index < -0.39 is 5.54 Å². The van der Waals surface area contributed by atoms with Gasteiger partial charge < -0.3 is 5.32 Å². The summed E-state index contributed by atoms with van der Waals surface area (Å²) in [5.41, 5.74) is 1.01. The van der Waals surface area contributed by atoms with E-state index in [1.54, 1.807) is 0 Å². The first-order valence-electron chi connectivity index (χ1n) is 8.56. The number of nitrogens with zero attached hydrogens (tertiary/aromatic N) is 1. The largest absolute Gasteiger partial charge is 0.352 e. The molecule has 3 heteroatoms. The third kappa shape index (κ3) is 3.89. The Hall–Kier alpha value is -1.35. The first-order valence-corrected chi connectivity index (χ1v) is 8.56. The molecule has 0 radical (unpaired) electrons. The van der Waals surface area contributed by atoms with E-state index in [1.165, 1.54) is 5.56 Å². The van der Waals surface area contributed by atoms with Crippen LogP contribution in [0.1, 0.15) is 58.4 Å². The Morgan fingerprint density at radius 2 is 1.86 bits per heavy atom. The molecule has 0 aliphatic carbocycles. The minimum Gasteiger partial charge on any atom is -0.352 e. The van der Waals surface area contributed by atoms with Gasteiger partial charge in [-0.15, -0.1) is 0 Å². The number of piperidine rings is 1. The van der Waals surface area contributed by atoms with E-state index in [9.17, 15) is 4.79 Å². The van der Waals surface area contributed by atoms with Crippen LogP contribution in [0.25, 0.3) is 0 Å². The number of carbonyl (C=O) groups is 1. The van der Waals surface area contributed by atoms with Gasteiger partial charge >= 0.3 is 0 Å². The van der Waals surface area contributed by atoms with E-state index in [0.717, 1.165) is 32.4 Å². The van der Waals surface area contributed by atoms with Crippen LogP contribution < -0.4 is 5.32 Å². The van der Waals surface area contributed by atoms with Crippen molar-refractivity contribution in [1.29, 1.82) is 0 Å². The van der Waals surface area contributed by atoms with Crippen LogP contribution in [0.4, 0.5) is 0 Å². The van der Waals surface area contributed by atoms with Crippen molar-refractivity contribution in [1.82, 2.24) is 10.2 Å². The van der Waals surface area contributed by atoms with Gasteiger partial charge in [0.2, 0.25) is 5.91 Å². The molecule has 1 aromatic rings. The van der Waals surface area contributed by atoms with Crippen LogP contribution in [-0.4, -0.2) is 35.5 Å². The molecule has 3 nitrogen and oxygen atoms in total. The van der Waals surface area contributed by atoms with Gasteiger partial charge in [-0.2, -0.15) is 0 Å². The lowest BCUT2D eigenvalue weighted by atomic mass is 9.87. The minimum absolute atomic E-state index is 0.153. The van der Waals surface area contributed by atoms with Gasteiger partial charge in [-0.05, 0) is 64.6 Å². The maximum atomic E-state index is 12.5. The maximum absolute atomic E-state index is 12.5. The summed E-state index contributed by atoms with van der Waals surface area (Å²) < 4.78 is 0. The van der Waals surface area contributed by atoms with E-state index in [-0.39, 0.29) is 11.9 Å². The zero-order chi connectivity index (χ0) is 16.2. The molecule has 1 aromatic carbocycles. The summed E-state index contributed by atoms with van der Waals surface area (Å²) in [6, 6.07) is 11.0. The third-order valence-corrected chi connectivity index (χ3v) is 5.10. The summed E-state index contributed by atoms with van der Waals surface area (Å²) in [6.45, 7) is 10.2. The second-order valence-corrected chi connectivity index (χ2v) is 7.01. The molecule has 1 heterocycles. The van der Waals surface area contributed by atoms with Crippen LogP contribution in [0, 0.1) is 0 Å². The maximum Gasteiger partial charge on any atom is 0.240 e. The Labute approximate surface area is 135 Å². The first-order chi connectivity index (χ1) is 10.4. The summed E-state index contributed by atoms with van der Waals surface area (Å²) in [5, 5.41) is 3.13. The average molecular weight is 302 g/mol. The van der Waals surface area contributed by atoms with Crippen molar-refractivity contribution in [2.75, 3.05) is 13.1 Å². The number of rotatable bonds is 5. The molecule has 0 bridgehead atoms. The molecule has 0 unspecified atom stereocenters. The Morgan fingerprint density at radius 3 is 2.41 bits per heavy atom. The van der Waals surface area contributed by atoms with Crippen LogP contribution in [0.15, 0.2) is 30.3 Å². The standard InChI is InChI=1S/C19H30N2O/c1-5-15(2)20-18(22)19(3,4)21-13-11-17(12-14-21)16-9-7-6-8-10-16/h6-10,15,17H,5,11-14H2,1-4H3,(H,20,22)/t15-/m0/s1. The van der Waals surface area contributed by atoms with Crippen molar-refractivity contribution < 1.29 is 4.79 Å². The fraction of sp³-hybridized carbons (Fsp3) is 0.632. The van der Waals surface area contributed by atoms with Gasteiger partial charge in [-0.1, -0.05) is 37.3 Å². The summed E-state index contributed by atoms with van der Waals surface area (Å²) in [5.74, 6) is 0.783. The lowest BCUT2D eigenvalue weighted by Gasteiger charge is -2.42. The highest BCUT2D eigenvalue weighted by Crippen LogP contribution is 2.31. The Kier molecular flexibility index (Phi) is 5.63. The minimum atomic E-state index is -0.426. The molecule has 22 heavy (non-hydrogen) atoms. The summed E-state index contributed by atoms with van der Waals surface area (Å²) in [6.07, 6.45) is 3.23. The quantitative estimate of drug-likeness (QED) is 0.902. The van der Waals surface area contributed by atoms with Gasteiger partial charge in [0.15, 0.2) is 0 Å². The molecular formula is C19H30N2O. The second-order valence-electron chi connectivity index (χ2n) is 7.01. The molecule has 1 aliphatic heterocycles. The smallest absolute Gasteiger partial charge is 0.240 e. The summed E-state index contributed by atoms with van der Waals surface area (Å²) >= 11 is 0. The van der Waals surface area contributed by atoms with Crippen molar-refractivity contribution in [3.8, 4) is 0 Å². The second kappa shape index (κ2) is 7.28. The molecule has 1 amide bonds. The molecule has 0 spiro atoms. The van der Waals surface area contributed by atoms with E-state index in [2.05, 4.69) is 54.4 Å². The normalized spacial score (nSPS) is 18.9. The van der Waals surface area contributed by atoms with Crippen LogP contribution in [0.5, 0.6) is 0 Å².